The van der Waals surface area contributed by atoms with Crippen LogP contribution in [-0.2, 0) is 6.42 Å². The smallest absolute Gasteiger partial charge is 0.0487 e. The van der Waals surface area contributed by atoms with Crippen LogP contribution in [0.4, 0.5) is 0 Å². The van der Waals surface area contributed by atoms with Gasteiger partial charge in [-0.05, 0) is 11.4 Å². The molecule has 0 amide bonds. The molecule has 0 aromatic carbocycles. The van der Waals surface area contributed by atoms with E-state index < -0.39 is 0 Å². The Labute approximate surface area is 57.4 Å². The molecular weight excluding hydrogens is 134 g/mol. The van der Waals surface area contributed by atoms with E-state index in [0.717, 1.165) is 6.42 Å². The number of nitrogens with zero attached hydrogens (tertiary/aromatic N) is 1. The highest BCUT2D eigenvalue weighted by Crippen LogP contribution is 2.07. The molecule has 3 heteroatoms. The molecule has 1 rings (SSSR count). The van der Waals surface area contributed by atoms with Gasteiger partial charge in [0.25, 0.3) is 0 Å². The van der Waals surface area contributed by atoms with Crippen LogP contribution in [0.1, 0.15) is 4.88 Å². The maximum atomic E-state index is 8.04. The first kappa shape index (κ1) is 6.29. The molecule has 0 aliphatic carbocycles. The van der Waals surface area contributed by atoms with Crippen molar-refractivity contribution in [2.45, 2.75) is 6.42 Å². The predicted molar refractivity (Wildman–Crippen MR) is 38.3 cm³/mol. The molecule has 0 radical (unpaired) electrons. The van der Waals surface area contributed by atoms with Crippen molar-refractivity contribution in [2.75, 3.05) is 0 Å². The van der Waals surface area contributed by atoms with Crippen LogP contribution < -0.4 is 0 Å². The second-order valence-corrected chi connectivity index (χ2v) is 2.61. The molecule has 0 fully saturated rings. The van der Waals surface area contributed by atoms with E-state index in [9.17, 15) is 0 Å². The zero-order valence-corrected chi connectivity index (χ0v) is 5.64. The minimum atomic E-state index is 0.730. The summed E-state index contributed by atoms with van der Waals surface area (Å²) in [5.41, 5.74) is 0. The average Bonchev–Trinajstić information content (AvgIpc) is 2.34. The summed E-state index contributed by atoms with van der Waals surface area (Å²) >= 11 is 1.66. The highest BCUT2D eigenvalue weighted by molar-refractivity contribution is 7.10. The molecule has 1 aromatic heterocycles. The second kappa shape index (κ2) is 3.25. The van der Waals surface area contributed by atoms with Gasteiger partial charge < -0.3 is 5.21 Å². The monoisotopic (exact) mass is 141 g/mol. The summed E-state index contributed by atoms with van der Waals surface area (Å²) in [6.45, 7) is 0. The lowest BCUT2D eigenvalue weighted by molar-refractivity contribution is 0.321. The Bertz CT molecular complexity index is 181. The van der Waals surface area contributed by atoms with Crippen LogP contribution in [-0.4, -0.2) is 11.4 Å². The van der Waals surface area contributed by atoms with Gasteiger partial charge in [-0.2, -0.15) is 0 Å². The standard InChI is InChI=1S/C6H7NOS/c8-7-4-3-6-2-1-5-9-6/h1-2,4-5,8H,3H2/b7-4-. The van der Waals surface area contributed by atoms with E-state index in [1.807, 2.05) is 17.5 Å². The fraction of sp³-hybridized carbons (Fsp3) is 0.167. The van der Waals surface area contributed by atoms with Crippen molar-refractivity contribution < 1.29 is 5.21 Å². The van der Waals surface area contributed by atoms with Crippen LogP contribution in [0.2, 0.25) is 0 Å². The lowest BCUT2D eigenvalue weighted by atomic mass is 10.4. The van der Waals surface area contributed by atoms with Crippen molar-refractivity contribution >= 4 is 17.6 Å². The first-order valence-corrected chi connectivity index (χ1v) is 3.49. The third-order valence-electron chi connectivity index (χ3n) is 0.954. The van der Waals surface area contributed by atoms with Gasteiger partial charge in [0, 0.05) is 17.5 Å². The average molecular weight is 141 g/mol. The molecule has 0 atom stereocenters. The molecule has 2 nitrogen and oxygen atoms in total. The first-order chi connectivity index (χ1) is 4.43. The lowest BCUT2D eigenvalue weighted by Gasteiger charge is -1.81. The Morgan fingerprint density at radius 3 is 3.22 bits per heavy atom. The summed E-state index contributed by atoms with van der Waals surface area (Å²) < 4.78 is 0. The molecule has 0 aliphatic heterocycles. The fourth-order valence-electron chi connectivity index (χ4n) is 0.560. The second-order valence-electron chi connectivity index (χ2n) is 1.58. The predicted octanol–water partition coefficient (Wildman–Crippen LogP) is 1.75. The molecule has 0 unspecified atom stereocenters. The van der Waals surface area contributed by atoms with E-state index in [4.69, 9.17) is 5.21 Å². The van der Waals surface area contributed by atoms with Gasteiger partial charge in [-0.15, -0.1) is 16.5 Å². The van der Waals surface area contributed by atoms with Crippen molar-refractivity contribution in [2.24, 2.45) is 5.16 Å². The van der Waals surface area contributed by atoms with Crippen LogP contribution in [0.3, 0.4) is 0 Å². The van der Waals surface area contributed by atoms with Gasteiger partial charge in [-0.25, -0.2) is 0 Å². The molecule has 1 aromatic rings. The van der Waals surface area contributed by atoms with Gasteiger partial charge in [-0.1, -0.05) is 6.07 Å². The van der Waals surface area contributed by atoms with Gasteiger partial charge in [0.05, 0.1) is 0 Å². The zero-order valence-electron chi connectivity index (χ0n) is 4.82. The Morgan fingerprint density at radius 1 is 1.78 bits per heavy atom. The molecule has 0 spiro atoms. The highest BCUT2D eigenvalue weighted by atomic mass is 32.1. The molecule has 1 N–H and O–H groups in total. The molecule has 48 valence electrons. The molecule has 9 heavy (non-hydrogen) atoms. The van der Waals surface area contributed by atoms with E-state index >= 15 is 0 Å². The highest BCUT2D eigenvalue weighted by Gasteiger charge is 1.87. The minimum absolute atomic E-state index is 0.730. The first-order valence-electron chi connectivity index (χ1n) is 2.62. The summed E-state index contributed by atoms with van der Waals surface area (Å²) in [6.07, 6.45) is 2.21. The Morgan fingerprint density at radius 2 is 2.67 bits per heavy atom. The largest absolute Gasteiger partial charge is 0.411 e. The summed E-state index contributed by atoms with van der Waals surface area (Å²) in [4.78, 5) is 1.22. The minimum Gasteiger partial charge on any atom is -0.411 e. The van der Waals surface area contributed by atoms with E-state index in [1.54, 1.807) is 11.3 Å². The Kier molecular flexibility index (Phi) is 2.27. The van der Waals surface area contributed by atoms with Gasteiger partial charge in [0.15, 0.2) is 0 Å². The third-order valence-corrected chi connectivity index (χ3v) is 1.85. The van der Waals surface area contributed by atoms with Crippen LogP contribution in [0.5, 0.6) is 0 Å². The summed E-state index contributed by atoms with van der Waals surface area (Å²) in [6, 6.07) is 3.98. The maximum Gasteiger partial charge on any atom is 0.0487 e. The number of hydrogen-bond acceptors (Lipinski definition) is 3. The van der Waals surface area contributed by atoms with Gasteiger partial charge >= 0.3 is 0 Å². The molecule has 1 heterocycles. The Hall–Kier alpha value is -0.830. The van der Waals surface area contributed by atoms with E-state index in [1.165, 1.54) is 11.1 Å². The van der Waals surface area contributed by atoms with Crippen molar-refractivity contribution in [3.63, 3.8) is 0 Å². The van der Waals surface area contributed by atoms with Crippen molar-refractivity contribution in [3.8, 4) is 0 Å². The zero-order chi connectivity index (χ0) is 6.53. The van der Waals surface area contributed by atoms with Crippen LogP contribution in [0.15, 0.2) is 22.7 Å². The van der Waals surface area contributed by atoms with Gasteiger partial charge in [-0.3, -0.25) is 0 Å². The number of rotatable bonds is 2. The normalized spacial score (nSPS) is 10.7. The van der Waals surface area contributed by atoms with E-state index in [0.29, 0.717) is 0 Å². The number of hydrogen-bond donors (Lipinski definition) is 1. The molecule has 0 saturated carbocycles. The summed E-state index contributed by atoms with van der Waals surface area (Å²) in [5.74, 6) is 0. The fourth-order valence-corrected chi connectivity index (χ4v) is 1.22. The van der Waals surface area contributed by atoms with Crippen molar-refractivity contribution in [1.29, 1.82) is 0 Å². The Balaban J connectivity index is 2.48. The van der Waals surface area contributed by atoms with Crippen molar-refractivity contribution in [3.05, 3.63) is 22.4 Å². The molecule has 0 saturated heterocycles. The maximum absolute atomic E-state index is 8.04. The van der Waals surface area contributed by atoms with Gasteiger partial charge in [0.1, 0.15) is 0 Å². The third kappa shape index (κ3) is 1.85. The van der Waals surface area contributed by atoms with Crippen LogP contribution in [0, 0.1) is 0 Å². The molecular formula is C6H7NOS. The number of thiophene rings is 1. The summed E-state index contributed by atoms with van der Waals surface area (Å²) in [5, 5.41) is 12.9. The molecule has 0 aliphatic rings. The van der Waals surface area contributed by atoms with Gasteiger partial charge in [0.2, 0.25) is 0 Å². The summed E-state index contributed by atoms with van der Waals surface area (Å²) in [7, 11) is 0. The van der Waals surface area contributed by atoms with E-state index in [2.05, 4.69) is 5.16 Å². The number of oxime groups is 1. The topological polar surface area (TPSA) is 32.6 Å². The van der Waals surface area contributed by atoms with Crippen molar-refractivity contribution in [1.82, 2.24) is 0 Å². The SMILES string of the molecule is O/N=C\Cc1cccs1. The quantitative estimate of drug-likeness (QED) is 0.380. The molecule has 0 bridgehead atoms. The van der Waals surface area contributed by atoms with Crippen LogP contribution in [0.25, 0.3) is 0 Å². The van der Waals surface area contributed by atoms with Crippen LogP contribution >= 0.6 is 11.3 Å². The lowest BCUT2D eigenvalue weighted by Crippen LogP contribution is -1.78. The van der Waals surface area contributed by atoms with E-state index in [-0.39, 0.29) is 0 Å².